The minimum atomic E-state index is -0.720. The van der Waals surface area contributed by atoms with E-state index in [9.17, 15) is 9.59 Å². The molecule has 3 N–H and O–H groups in total. The minimum absolute atomic E-state index is 0.225. The molecule has 5 nitrogen and oxygen atoms in total. The van der Waals surface area contributed by atoms with Gasteiger partial charge in [-0.15, -0.1) is 0 Å². The molecule has 0 aromatic heterocycles. The summed E-state index contributed by atoms with van der Waals surface area (Å²) in [5, 5.41) is 14.0. The van der Waals surface area contributed by atoms with Crippen molar-refractivity contribution in [3.8, 4) is 0 Å². The Morgan fingerprint density at radius 2 is 2.00 bits per heavy atom. The number of amides is 1. The van der Waals surface area contributed by atoms with Gasteiger partial charge in [0.05, 0.1) is 0 Å². The van der Waals surface area contributed by atoms with Crippen LogP contribution >= 0.6 is 0 Å². The first-order valence-corrected chi connectivity index (χ1v) is 5.93. The Bertz CT molecular complexity index is 225. The molecule has 0 aromatic rings. The first-order valence-electron chi connectivity index (χ1n) is 5.93. The van der Waals surface area contributed by atoms with Crippen LogP contribution in [0.5, 0.6) is 0 Å². The Morgan fingerprint density at radius 1 is 1.19 bits per heavy atom. The molecular weight excluding hydrogens is 208 g/mol. The summed E-state index contributed by atoms with van der Waals surface area (Å²) < 4.78 is 0. The van der Waals surface area contributed by atoms with Crippen molar-refractivity contribution in [1.82, 2.24) is 10.6 Å². The van der Waals surface area contributed by atoms with Crippen LogP contribution in [0, 0.1) is 0 Å². The first kappa shape index (κ1) is 13.0. The Kier molecular flexibility index (Phi) is 5.85. The number of hydrogen-bond acceptors (Lipinski definition) is 3. The molecule has 0 saturated carbocycles. The molecule has 2 heterocycles. The summed E-state index contributed by atoms with van der Waals surface area (Å²) in [4.78, 5) is 20.7. The zero-order chi connectivity index (χ0) is 11.8. The van der Waals surface area contributed by atoms with Crippen molar-refractivity contribution in [2.75, 3.05) is 13.1 Å². The summed E-state index contributed by atoms with van der Waals surface area (Å²) in [6.07, 6.45) is 5.96. The van der Waals surface area contributed by atoms with Crippen molar-refractivity contribution >= 4 is 11.9 Å². The van der Waals surface area contributed by atoms with Crippen LogP contribution in [0.1, 0.15) is 38.5 Å². The van der Waals surface area contributed by atoms with Crippen LogP contribution in [0.4, 0.5) is 0 Å². The quantitative estimate of drug-likeness (QED) is 0.610. The van der Waals surface area contributed by atoms with E-state index in [1.54, 1.807) is 0 Å². The highest BCUT2D eigenvalue weighted by molar-refractivity contribution is 5.75. The van der Waals surface area contributed by atoms with E-state index < -0.39 is 5.97 Å². The van der Waals surface area contributed by atoms with Gasteiger partial charge < -0.3 is 15.7 Å². The lowest BCUT2D eigenvalue weighted by Crippen LogP contribution is -2.29. The average molecular weight is 228 g/mol. The summed E-state index contributed by atoms with van der Waals surface area (Å²) in [5.41, 5.74) is 0. The fraction of sp³-hybridized carbons (Fsp3) is 0.818. The smallest absolute Gasteiger partial charge is 0.320 e. The third-order valence-electron chi connectivity index (χ3n) is 2.76. The number of carboxylic acid groups (broad SMARTS) is 1. The van der Waals surface area contributed by atoms with Crippen LogP contribution in [0.25, 0.3) is 0 Å². The van der Waals surface area contributed by atoms with Gasteiger partial charge in [-0.05, 0) is 32.2 Å². The molecule has 1 amide bonds. The maximum Gasteiger partial charge on any atom is 0.320 e. The molecule has 1 unspecified atom stereocenters. The van der Waals surface area contributed by atoms with E-state index in [-0.39, 0.29) is 11.9 Å². The van der Waals surface area contributed by atoms with Gasteiger partial charge in [0, 0.05) is 13.0 Å². The van der Waals surface area contributed by atoms with Crippen molar-refractivity contribution in [3.63, 3.8) is 0 Å². The highest BCUT2D eigenvalue weighted by atomic mass is 16.4. The van der Waals surface area contributed by atoms with Gasteiger partial charge in [0.25, 0.3) is 0 Å². The summed E-state index contributed by atoms with van der Waals surface area (Å²) in [5.74, 6) is -0.495. The van der Waals surface area contributed by atoms with Gasteiger partial charge in [-0.1, -0.05) is 6.42 Å². The molecule has 2 aliphatic heterocycles. The number of rotatable bonds is 1. The highest BCUT2D eigenvalue weighted by Gasteiger charge is 2.20. The molecule has 92 valence electrons. The molecule has 2 aliphatic rings. The molecule has 0 radical (unpaired) electrons. The van der Waals surface area contributed by atoms with Gasteiger partial charge in [0.15, 0.2) is 0 Å². The number of aliphatic carboxylic acids is 1. The lowest BCUT2D eigenvalue weighted by molar-refractivity contribution is -0.139. The monoisotopic (exact) mass is 228 g/mol. The largest absolute Gasteiger partial charge is 0.480 e. The van der Waals surface area contributed by atoms with E-state index in [4.69, 9.17) is 5.11 Å². The molecule has 0 aliphatic carbocycles. The van der Waals surface area contributed by atoms with Crippen molar-refractivity contribution in [1.29, 1.82) is 0 Å². The summed E-state index contributed by atoms with van der Waals surface area (Å²) in [6.45, 7) is 1.75. The molecule has 2 rings (SSSR count). The Balaban J connectivity index is 0.000000160. The summed E-state index contributed by atoms with van der Waals surface area (Å²) >= 11 is 0. The van der Waals surface area contributed by atoms with Gasteiger partial charge in [-0.2, -0.15) is 0 Å². The molecule has 0 spiro atoms. The van der Waals surface area contributed by atoms with Crippen molar-refractivity contribution in [2.24, 2.45) is 0 Å². The second kappa shape index (κ2) is 7.22. The standard InChI is InChI=1S/C6H11NO.C5H9NO2/c8-6-4-2-1-3-5-7-6;7-5(8)4-2-1-3-6-4/h1-5H2,(H,7,8);4,6H,1-3H2,(H,7,8). The average Bonchev–Trinajstić information content (AvgIpc) is 2.69. The predicted octanol–water partition coefficient (Wildman–Crippen LogP) is 0.500. The normalized spacial score (nSPS) is 25.0. The summed E-state index contributed by atoms with van der Waals surface area (Å²) in [7, 11) is 0. The molecule has 2 saturated heterocycles. The van der Waals surface area contributed by atoms with Crippen molar-refractivity contribution in [3.05, 3.63) is 0 Å². The zero-order valence-corrected chi connectivity index (χ0v) is 9.50. The number of nitrogens with one attached hydrogen (secondary N) is 2. The first-order chi connectivity index (χ1) is 7.70. The third-order valence-corrected chi connectivity index (χ3v) is 2.76. The third kappa shape index (κ3) is 5.11. The van der Waals surface area contributed by atoms with Crippen LogP contribution in [0.2, 0.25) is 0 Å². The van der Waals surface area contributed by atoms with Crippen LogP contribution in [0.3, 0.4) is 0 Å². The van der Waals surface area contributed by atoms with Crippen molar-refractivity contribution in [2.45, 2.75) is 44.6 Å². The molecule has 2 fully saturated rings. The van der Waals surface area contributed by atoms with Crippen LogP contribution in [-0.4, -0.2) is 36.1 Å². The van der Waals surface area contributed by atoms with Gasteiger partial charge in [0.2, 0.25) is 5.91 Å². The molecule has 5 heteroatoms. The summed E-state index contributed by atoms with van der Waals surface area (Å²) in [6, 6.07) is -0.269. The number of carbonyl (C=O) groups is 2. The topological polar surface area (TPSA) is 78.4 Å². The van der Waals surface area contributed by atoms with Crippen LogP contribution in [-0.2, 0) is 9.59 Å². The highest BCUT2D eigenvalue weighted by Crippen LogP contribution is 2.03. The van der Waals surface area contributed by atoms with Gasteiger partial charge in [0.1, 0.15) is 6.04 Å². The van der Waals surface area contributed by atoms with Crippen LogP contribution in [0.15, 0.2) is 0 Å². The second-order valence-electron chi connectivity index (χ2n) is 4.15. The lowest BCUT2D eigenvalue weighted by atomic mass is 10.2. The van der Waals surface area contributed by atoms with E-state index in [2.05, 4.69) is 10.6 Å². The number of carbonyl (C=O) groups excluding carboxylic acids is 1. The number of carboxylic acids is 1. The van der Waals surface area contributed by atoms with Gasteiger partial charge in [-0.3, -0.25) is 9.59 Å². The lowest BCUT2D eigenvalue weighted by Gasteiger charge is -1.99. The Hall–Kier alpha value is -1.10. The Morgan fingerprint density at radius 3 is 2.56 bits per heavy atom. The second-order valence-corrected chi connectivity index (χ2v) is 4.15. The van der Waals surface area contributed by atoms with E-state index in [1.165, 1.54) is 6.42 Å². The van der Waals surface area contributed by atoms with Gasteiger partial charge in [-0.25, -0.2) is 0 Å². The van der Waals surface area contributed by atoms with Crippen molar-refractivity contribution < 1.29 is 14.7 Å². The van der Waals surface area contributed by atoms with E-state index in [1.807, 2.05) is 0 Å². The minimum Gasteiger partial charge on any atom is -0.480 e. The number of hydrogen-bond donors (Lipinski definition) is 3. The molecule has 0 aromatic carbocycles. The van der Waals surface area contributed by atoms with E-state index in [0.29, 0.717) is 0 Å². The SMILES string of the molecule is O=C(O)C1CCCN1.O=C1CCCCCN1. The molecular formula is C11H20N2O3. The fourth-order valence-electron chi connectivity index (χ4n) is 1.80. The zero-order valence-electron chi connectivity index (χ0n) is 9.50. The Labute approximate surface area is 95.6 Å². The van der Waals surface area contributed by atoms with E-state index in [0.717, 1.165) is 45.2 Å². The predicted molar refractivity (Wildman–Crippen MR) is 60.1 cm³/mol. The van der Waals surface area contributed by atoms with Crippen LogP contribution < -0.4 is 10.6 Å². The fourth-order valence-corrected chi connectivity index (χ4v) is 1.80. The molecule has 1 atom stereocenters. The van der Waals surface area contributed by atoms with Gasteiger partial charge >= 0.3 is 5.97 Å². The molecule has 16 heavy (non-hydrogen) atoms. The maximum atomic E-state index is 10.6. The van der Waals surface area contributed by atoms with E-state index >= 15 is 0 Å². The molecule has 0 bridgehead atoms. The maximum absolute atomic E-state index is 10.6.